The molecule has 1 aromatic heterocycles. The summed E-state index contributed by atoms with van der Waals surface area (Å²) >= 11 is 5.68. The molecule has 0 aliphatic carbocycles. The number of hydrogen-bond acceptors (Lipinski definition) is 2. The maximum absolute atomic E-state index is 8.88. The van der Waals surface area contributed by atoms with E-state index in [4.69, 9.17) is 16.7 Å². The minimum atomic E-state index is 0.0106. The Labute approximate surface area is 70.8 Å². The van der Waals surface area contributed by atoms with Crippen molar-refractivity contribution in [1.82, 2.24) is 4.98 Å². The summed E-state index contributed by atoms with van der Waals surface area (Å²) in [4.78, 5) is 4.08. The third-order valence-electron chi connectivity index (χ3n) is 1.53. The van der Waals surface area contributed by atoms with Crippen LogP contribution in [0.1, 0.15) is 18.2 Å². The quantitative estimate of drug-likeness (QED) is 0.736. The van der Waals surface area contributed by atoms with Crippen LogP contribution in [-0.4, -0.2) is 10.1 Å². The van der Waals surface area contributed by atoms with Gasteiger partial charge in [-0.3, -0.25) is 4.98 Å². The summed E-state index contributed by atoms with van der Waals surface area (Å²) < 4.78 is 0. The van der Waals surface area contributed by atoms with Crippen molar-refractivity contribution < 1.29 is 5.11 Å². The first-order chi connectivity index (χ1) is 5.27. The summed E-state index contributed by atoms with van der Waals surface area (Å²) in [5.74, 6) is 0. The standard InChI is InChI=1S/C8H10ClNO/c1-2-8-6(5-11)3-7(9)4-10-8/h3-4,11H,2,5H2,1H3. The molecular formula is C8H10ClNO. The minimum Gasteiger partial charge on any atom is -0.392 e. The number of aliphatic hydroxyl groups is 1. The molecule has 0 aromatic carbocycles. The lowest BCUT2D eigenvalue weighted by Gasteiger charge is -2.02. The van der Waals surface area contributed by atoms with Crippen LogP contribution in [0.15, 0.2) is 12.3 Å². The first kappa shape index (κ1) is 8.50. The van der Waals surface area contributed by atoms with E-state index in [-0.39, 0.29) is 6.61 Å². The highest BCUT2D eigenvalue weighted by Gasteiger charge is 2.00. The van der Waals surface area contributed by atoms with Gasteiger partial charge in [-0.1, -0.05) is 18.5 Å². The van der Waals surface area contributed by atoms with Gasteiger partial charge in [0.15, 0.2) is 0 Å². The lowest BCUT2D eigenvalue weighted by Crippen LogP contribution is -1.95. The Bertz CT molecular complexity index is 250. The van der Waals surface area contributed by atoms with E-state index < -0.39 is 0 Å². The molecule has 0 aliphatic heterocycles. The topological polar surface area (TPSA) is 33.1 Å². The molecule has 0 fully saturated rings. The zero-order valence-corrected chi connectivity index (χ0v) is 7.10. The summed E-state index contributed by atoms with van der Waals surface area (Å²) in [5.41, 5.74) is 1.73. The van der Waals surface area contributed by atoms with Crippen molar-refractivity contribution in [3.8, 4) is 0 Å². The van der Waals surface area contributed by atoms with Gasteiger partial charge in [-0.15, -0.1) is 0 Å². The van der Waals surface area contributed by atoms with Crippen LogP contribution in [0.4, 0.5) is 0 Å². The van der Waals surface area contributed by atoms with Crippen LogP contribution < -0.4 is 0 Å². The fraction of sp³-hybridized carbons (Fsp3) is 0.375. The Hall–Kier alpha value is -0.600. The molecule has 2 nitrogen and oxygen atoms in total. The van der Waals surface area contributed by atoms with E-state index in [1.807, 2.05) is 6.92 Å². The minimum absolute atomic E-state index is 0.0106. The van der Waals surface area contributed by atoms with Gasteiger partial charge in [0.05, 0.1) is 11.6 Å². The van der Waals surface area contributed by atoms with E-state index in [0.29, 0.717) is 5.02 Å². The van der Waals surface area contributed by atoms with Gasteiger partial charge in [0.2, 0.25) is 0 Å². The monoisotopic (exact) mass is 171 g/mol. The molecule has 3 heteroatoms. The molecule has 1 heterocycles. The average molecular weight is 172 g/mol. The van der Waals surface area contributed by atoms with E-state index in [2.05, 4.69) is 4.98 Å². The maximum atomic E-state index is 8.88. The van der Waals surface area contributed by atoms with Crippen molar-refractivity contribution in [2.24, 2.45) is 0 Å². The van der Waals surface area contributed by atoms with Crippen molar-refractivity contribution in [2.75, 3.05) is 0 Å². The number of nitrogens with zero attached hydrogens (tertiary/aromatic N) is 1. The molecule has 0 spiro atoms. The van der Waals surface area contributed by atoms with Gasteiger partial charge in [-0.2, -0.15) is 0 Å². The normalized spacial score (nSPS) is 10.1. The van der Waals surface area contributed by atoms with Crippen LogP contribution >= 0.6 is 11.6 Å². The fourth-order valence-corrected chi connectivity index (χ4v) is 1.15. The second-order valence-corrected chi connectivity index (χ2v) is 2.71. The molecule has 11 heavy (non-hydrogen) atoms. The molecule has 1 rings (SSSR count). The Kier molecular flexibility index (Phi) is 2.85. The Morgan fingerprint density at radius 3 is 2.91 bits per heavy atom. The van der Waals surface area contributed by atoms with Gasteiger partial charge >= 0.3 is 0 Å². The zero-order valence-electron chi connectivity index (χ0n) is 6.34. The number of halogens is 1. The third-order valence-corrected chi connectivity index (χ3v) is 1.74. The lowest BCUT2D eigenvalue weighted by atomic mass is 10.2. The molecule has 60 valence electrons. The van der Waals surface area contributed by atoms with E-state index in [1.165, 1.54) is 0 Å². The molecule has 0 amide bonds. The summed E-state index contributed by atoms with van der Waals surface area (Å²) in [6.07, 6.45) is 2.42. The van der Waals surface area contributed by atoms with Crippen LogP contribution in [0.5, 0.6) is 0 Å². The van der Waals surface area contributed by atoms with Gasteiger partial charge in [0.1, 0.15) is 0 Å². The van der Waals surface area contributed by atoms with Crippen molar-refractivity contribution in [1.29, 1.82) is 0 Å². The number of aryl methyl sites for hydroxylation is 1. The molecule has 0 aliphatic rings. The lowest BCUT2D eigenvalue weighted by molar-refractivity contribution is 0.280. The number of hydrogen-bond donors (Lipinski definition) is 1. The Morgan fingerprint density at radius 2 is 2.36 bits per heavy atom. The van der Waals surface area contributed by atoms with Crippen LogP contribution in [-0.2, 0) is 13.0 Å². The number of rotatable bonds is 2. The molecular weight excluding hydrogens is 162 g/mol. The highest BCUT2D eigenvalue weighted by atomic mass is 35.5. The Morgan fingerprint density at radius 1 is 1.64 bits per heavy atom. The predicted octanol–water partition coefficient (Wildman–Crippen LogP) is 1.79. The molecule has 0 unspecified atom stereocenters. The first-order valence-electron chi connectivity index (χ1n) is 3.52. The van der Waals surface area contributed by atoms with Crippen LogP contribution in [0.25, 0.3) is 0 Å². The number of aliphatic hydroxyl groups excluding tert-OH is 1. The highest BCUT2D eigenvalue weighted by molar-refractivity contribution is 6.30. The largest absolute Gasteiger partial charge is 0.392 e. The molecule has 1 N–H and O–H groups in total. The molecule has 0 saturated heterocycles. The van der Waals surface area contributed by atoms with Crippen LogP contribution in [0, 0.1) is 0 Å². The SMILES string of the molecule is CCc1ncc(Cl)cc1CO. The van der Waals surface area contributed by atoms with Crippen molar-refractivity contribution in [3.63, 3.8) is 0 Å². The first-order valence-corrected chi connectivity index (χ1v) is 3.90. The smallest absolute Gasteiger partial charge is 0.0700 e. The summed E-state index contributed by atoms with van der Waals surface area (Å²) in [5, 5.41) is 9.45. The van der Waals surface area contributed by atoms with E-state index in [0.717, 1.165) is 17.7 Å². The van der Waals surface area contributed by atoms with Gasteiger partial charge in [-0.05, 0) is 12.5 Å². The maximum Gasteiger partial charge on any atom is 0.0700 e. The van der Waals surface area contributed by atoms with Gasteiger partial charge in [0.25, 0.3) is 0 Å². The third kappa shape index (κ3) is 1.91. The van der Waals surface area contributed by atoms with Crippen molar-refractivity contribution in [2.45, 2.75) is 20.0 Å². The highest BCUT2D eigenvalue weighted by Crippen LogP contribution is 2.13. The average Bonchev–Trinajstić information content (AvgIpc) is 2.04. The van der Waals surface area contributed by atoms with Crippen LogP contribution in [0.3, 0.4) is 0 Å². The molecule has 0 bridgehead atoms. The van der Waals surface area contributed by atoms with E-state index in [1.54, 1.807) is 12.3 Å². The summed E-state index contributed by atoms with van der Waals surface area (Å²) in [7, 11) is 0. The second kappa shape index (κ2) is 3.69. The molecule has 0 radical (unpaired) electrons. The van der Waals surface area contributed by atoms with Gasteiger partial charge < -0.3 is 5.11 Å². The molecule has 1 aromatic rings. The molecule has 0 saturated carbocycles. The second-order valence-electron chi connectivity index (χ2n) is 2.27. The Balaban J connectivity index is 3.06. The summed E-state index contributed by atoms with van der Waals surface area (Å²) in [6.45, 7) is 2.01. The van der Waals surface area contributed by atoms with E-state index >= 15 is 0 Å². The van der Waals surface area contributed by atoms with Gasteiger partial charge in [0, 0.05) is 17.5 Å². The summed E-state index contributed by atoms with van der Waals surface area (Å²) in [6, 6.07) is 1.74. The van der Waals surface area contributed by atoms with Gasteiger partial charge in [-0.25, -0.2) is 0 Å². The molecule has 0 atom stereocenters. The van der Waals surface area contributed by atoms with E-state index in [9.17, 15) is 0 Å². The number of pyridine rings is 1. The predicted molar refractivity (Wildman–Crippen MR) is 44.5 cm³/mol. The zero-order chi connectivity index (χ0) is 8.27. The number of aromatic nitrogens is 1. The van der Waals surface area contributed by atoms with Crippen molar-refractivity contribution in [3.05, 3.63) is 28.5 Å². The van der Waals surface area contributed by atoms with Crippen molar-refractivity contribution >= 4 is 11.6 Å². The fourth-order valence-electron chi connectivity index (χ4n) is 0.965. The van der Waals surface area contributed by atoms with Crippen LogP contribution in [0.2, 0.25) is 5.02 Å².